The predicted octanol–water partition coefficient (Wildman–Crippen LogP) is 5.78. The van der Waals surface area contributed by atoms with Crippen LogP contribution in [0, 0.1) is 12.3 Å². The number of rotatable bonds is 9. The molecule has 0 spiro atoms. The minimum Gasteiger partial charge on any atom is -0.492 e. The van der Waals surface area contributed by atoms with E-state index in [0.717, 1.165) is 22.4 Å². The van der Waals surface area contributed by atoms with E-state index in [1.165, 1.54) is 11.1 Å². The van der Waals surface area contributed by atoms with E-state index in [4.69, 9.17) is 4.74 Å². The average Bonchev–Trinajstić information content (AvgIpc) is 3.18. The lowest BCUT2D eigenvalue weighted by atomic mass is 9.79. The van der Waals surface area contributed by atoms with Gasteiger partial charge in [0.25, 0.3) is 0 Å². The zero-order chi connectivity index (χ0) is 23.4. The number of hydrogen-bond donors (Lipinski definition) is 1. The van der Waals surface area contributed by atoms with Crippen molar-refractivity contribution in [1.82, 2.24) is 0 Å². The van der Waals surface area contributed by atoms with Gasteiger partial charge in [0.1, 0.15) is 5.75 Å². The van der Waals surface area contributed by atoms with Crippen LogP contribution in [-0.2, 0) is 24.1 Å². The standard InChI is InChI=1S/C28H28O4S/c1-19-6-5-7-20(14-19)12-13-32-25-15-21(10-11-26(25)33-2)24(29)18-28(27(30)31)16-22-8-3-4-9-23(22)17-28/h3-11,14-15H,12-13,16-18H2,1-2H3,(H,30,31). The van der Waals surface area contributed by atoms with Gasteiger partial charge in [-0.3, -0.25) is 9.59 Å². The Bertz CT molecular complexity index is 1160. The highest BCUT2D eigenvalue weighted by Crippen LogP contribution is 2.41. The molecular weight excluding hydrogens is 432 g/mol. The number of Topliss-reactive ketones (excluding diaryl/α,β-unsaturated/α-hetero) is 1. The summed E-state index contributed by atoms with van der Waals surface area (Å²) in [4.78, 5) is 26.4. The van der Waals surface area contributed by atoms with Crippen molar-refractivity contribution in [3.05, 3.63) is 94.5 Å². The molecule has 1 N–H and O–H groups in total. The van der Waals surface area contributed by atoms with Crippen LogP contribution in [-0.4, -0.2) is 29.7 Å². The second-order valence-corrected chi connectivity index (χ2v) is 9.61. The molecule has 3 aromatic carbocycles. The summed E-state index contributed by atoms with van der Waals surface area (Å²) >= 11 is 1.56. The predicted molar refractivity (Wildman–Crippen MR) is 131 cm³/mol. The normalized spacial score (nSPS) is 14.0. The fourth-order valence-corrected chi connectivity index (χ4v) is 5.09. The van der Waals surface area contributed by atoms with Gasteiger partial charge >= 0.3 is 5.97 Å². The van der Waals surface area contributed by atoms with Gasteiger partial charge in [-0.2, -0.15) is 0 Å². The van der Waals surface area contributed by atoms with E-state index >= 15 is 0 Å². The fourth-order valence-electron chi connectivity index (χ4n) is 4.56. The van der Waals surface area contributed by atoms with E-state index in [2.05, 4.69) is 25.1 Å². The Morgan fingerprint density at radius 1 is 1.00 bits per heavy atom. The van der Waals surface area contributed by atoms with Crippen LogP contribution in [0.25, 0.3) is 0 Å². The van der Waals surface area contributed by atoms with E-state index in [1.807, 2.05) is 42.7 Å². The van der Waals surface area contributed by atoms with E-state index in [1.54, 1.807) is 23.9 Å². The molecule has 0 saturated heterocycles. The minimum atomic E-state index is -1.09. The van der Waals surface area contributed by atoms with Crippen molar-refractivity contribution < 1.29 is 19.4 Å². The third kappa shape index (κ3) is 5.14. The number of benzene rings is 3. The summed E-state index contributed by atoms with van der Waals surface area (Å²) in [7, 11) is 0. The smallest absolute Gasteiger partial charge is 0.310 e. The lowest BCUT2D eigenvalue weighted by Crippen LogP contribution is -2.34. The molecule has 33 heavy (non-hydrogen) atoms. The van der Waals surface area contributed by atoms with E-state index in [-0.39, 0.29) is 12.2 Å². The molecule has 5 heteroatoms. The summed E-state index contributed by atoms with van der Waals surface area (Å²) in [6, 6.07) is 21.5. The number of carbonyl (C=O) groups is 2. The number of ether oxygens (including phenoxy) is 1. The lowest BCUT2D eigenvalue weighted by molar-refractivity contribution is -0.148. The van der Waals surface area contributed by atoms with Gasteiger partial charge in [0, 0.05) is 23.3 Å². The van der Waals surface area contributed by atoms with Crippen LogP contribution < -0.4 is 4.74 Å². The highest BCUT2D eigenvalue weighted by molar-refractivity contribution is 7.98. The van der Waals surface area contributed by atoms with Gasteiger partial charge < -0.3 is 9.84 Å². The number of carboxylic acid groups (broad SMARTS) is 1. The van der Waals surface area contributed by atoms with Crippen molar-refractivity contribution in [2.75, 3.05) is 12.9 Å². The Hall–Kier alpha value is -3.05. The largest absolute Gasteiger partial charge is 0.492 e. The summed E-state index contributed by atoms with van der Waals surface area (Å²) in [5.74, 6) is -0.413. The number of carboxylic acids is 1. The monoisotopic (exact) mass is 460 g/mol. The van der Waals surface area contributed by atoms with Crippen LogP contribution in [0.1, 0.15) is 39.0 Å². The zero-order valence-corrected chi connectivity index (χ0v) is 19.8. The first-order chi connectivity index (χ1) is 15.9. The van der Waals surface area contributed by atoms with Crippen LogP contribution in [0.5, 0.6) is 5.75 Å². The fraction of sp³-hybridized carbons (Fsp3) is 0.286. The van der Waals surface area contributed by atoms with Crippen LogP contribution in [0.2, 0.25) is 0 Å². The van der Waals surface area contributed by atoms with Gasteiger partial charge in [-0.25, -0.2) is 0 Å². The minimum absolute atomic E-state index is 0.0294. The van der Waals surface area contributed by atoms with Crippen LogP contribution in [0.15, 0.2) is 71.6 Å². The van der Waals surface area contributed by atoms with Gasteiger partial charge in [-0.1, -0.05) is 60.2 Å². The highest BCUT2D eigenvalue weighted by atomic mass is 32.2. The maximum absolute atomic E-state index is 13.2. The summed E-state index contributed by atoms with van der Waals surface area (Å²) < 4.78 is 6.07. The summed E-state index contributed by atoms with van der Waals surface area (Å²) in [5, 5.41) is 10.0. The van der Waals surface area contributed by atoms with Crippen molar-refractivity contribution in [1.29, 1.82) is 0 Å². The molecule has 1 aliphatic rings. The third-order valence-corrected chi connectivity index (χ3v) is 7.12. The van der Waals surface area contributed by atoms with E-state index in [0.29, 0.717) is 30.8 Å². The molecule has 1 aliphatic carbocycles. The molecule has 0 aromatic heterocycles. The number of ketones is 1. The molecular formula is C28H28O4S. The Labute approximate surface area is 199 Å². The van der Waals surface area contributed by atoms with Gasteiger partial charge in [-0.15, -0.1) is 11.8 Å². The molecule has 0 amide bonds. The summed E-state index contributed by atoms with van der Waals surface area (Å²) in [6.07, 6.45) is 3.48. The Morgan fingerprint density at radius 2 is 1.73 bits per heavy atom. The Morgan fingerprint density at radius 3 is 2.36 bits per heavy atom. The molecule has 0 radical (unpaired) electrons. The number of aliphatic carboxylic acids is 1. The number of hydrogen-bond acceptors (Lipinski definition) is 4. The average molecular weight is 461 g/mol. The third-order valence-electron chi connectivity index (χ3n) is 6.35. The quantitative estimate of drug-likeness (QED) is 0.324. The second kappa shape index (κ2) is 9.84. The first-order valence-corrected chi connectivity index (χ1v) is 12.3. The van der Waals surface area contributed by atoms with Crippen LogP contribution in [0.4, 0.5) is 0 Å². The topological polar surface area (TPSA) is 63.6 Å². The summed E-state index contributed by atoms with van der Waals surface area (Å²) in [5.41, 5.74) is 3.86. The van der Waals surface area contributed by atoms with E-state index in [9.17, 15) is 14.7 Å². The SMILES string of the molecule is CSc1ccc(C(=O)CC2(C(=O)O)Cc3ccccc3C2)cc1OCCc1cccc(C)c1. The van der Waals surface area contributed by atoms with Crippen molar-refractivity contribution in [3.8, 4) is 5.75 Å². The summed E-state index contributed by atoms with van der Waals surface area (Å²) in [6.45, 7) is 2.57. The second-order valence-electron chi connectivity index (χ2n) is 8.76. The molecule has 0 unspecified atom stereocenters. The molecule has 3 aromatic rings. The molecule has 4 rings (SSSR count). The number of carbonyl (C=O) groups excluding carboxylic acids is 1. The first kappa shape index (κ1) is 23.1. The Balaban J connectivity index is 1.49. The first-order valence-electron chi connectivity index (χ1n) is 11.1. The molecule has 0 bridgehead atoms. The number of aryl methyl sites for hydroxylation is 1. The molecule has 0 atom stereocenters. The maximum atomic E-state index is 13.2. The van der Waals surface area contributed by atoms with Gasteiger partial charge in [-0.05, 0) is 54.8 Å². The van der Waals surface area contributed by atoms with E-state index < -0.39 is 11.4 Å². The Kier molecular flexibility index (Phi) is 6.89. The highest BCUT2D eigenvalue weighted by Gasteiger charge is 2.45. The van der Waals surface area contributed by atoms with Crippen molar-refractivity contribution >= 4 is 23.5 Å². The molecule has 0 saturated carbocycles. The van der Waals surface area contributed by atoms with Crippen molar-refractivity contribution in [2.24, 2.45) is 5.41 Å². The van der Waals surface area contributed by atoms with Crippen LogP contribution in [0.3, 0.4) is 0 Å². The zero-order valence-electron chi connectivity index (χ0n) is 19.0. The van der Waals surface area contributed by atoms with Gasteiger partial charge in [0.15, 0.2) is 5.78 Å². The van der Waals surface area contributed by atoms with Crippen molar-refractivity contribution in [2.45, 2.75) is 37.5 Å². The number of thioether (sulfide) groups is 1. The molecule has 0 aliphatic heterocycles. The molecule has 0 fully saturated rings. The number of fused-ring (bicyclic) bond motifs is 1. The van der Waals surface area contributed by atoms with Crippen molar-refractivity contribution in [3.63, 3.8) is 0 Å². The lowest BCUT2D eigenvalue weighted by Gasteiger charge is -2.23. The van der Waals surface area contributed by atoms with Crippen LogP contribution >= 0.6 is 11.8 Å². The molecule has 170 valence electrons. The molecule has 0 heterocycles. The molecule has 4 nitrogen and oxygen atoms in total. The van der Waals surface area contributed by atoms with Gasteiger partial charge in [0.2, 0.25) is 0 Å². The maximum Gasteiger partial charge on any atom is 0.310 e. The van der Waals surface area contributed by atoms with Gasteiger partial charge in [0.05, 0.1) is 12.0 Å².